The predicted molar refractivity (Wildman–Crippen MR) is 62.8 cm³/mol. The Balaban J connectivity index is 2.39. The molecule has 1 aliphatic heterocycles. The number of nitrogens with one attached hydrogen (secondary N) is 1. The van der Waals surface area contributed by atoms with Crippen molar-refractivity contribution >= 4 is 5.91 Å². The number of hydrogen-bond acceptors (Lipinski definition) is 2. The van der Waals surface area contributed by atoms with Crippen LogP contribution >= 0.6 is 0 Å². The standard InChI is InChI=1S/C12H24N2O/c1-10-7-5-6-8-14(10)11(15)9-13-12(2,3)4/h10,13H,5-9H2,1-4H3. The average Bonchev–Trinajstić information content (AvgIpc) is 2.14. The lowest BCUT2D eigenvalue weighted by atomic mass is 10.0. The molecule has 1 unspecified atom stereocenters. The molecule has 15 heavy (non-hydrogen) atoms. The molecule has 3 nitrogen and oxygen atoms in total. The lowest BCUT2D eigenvalue weighted by molar-refractivity contribution is -0.133. The van der Waals surface area contributed by atoms with Crippen molar-refractivity contribution < 1.29 is 4.79 Å². The van der Waals surface area contributed by atoms with E-state index in [0.29, 0.717) is 12.6 Å². The Morgan fingerprint density at radius 1 is 1.40 bits per heavy atom. The molecule has 1 aliphatic rings. The van der Waals surface area contributed by atoms with Gasteiger partial charge in [0.1, 0.15) is 0 Å². The normalized spacial score (nSPS) is 22.9. The van der Waals surface area contributed by atoms with E-state index in [-0.39, 0.29) is 11.4 Å². The zero-order valence-electron chi connectivity index (χ0n) is 10.5. The third-order valence-corrected chi connectivity index (χ3v) is 2.89. The Hall–Kier alpha value is -0.570. The number of amides is 1. The van der Waals surface area contributed by atoms with Gasteiger partial charge in [0.25, 0.3) is 0 Å². The summed E-state index contributed by atoms with van der Waals surface area (Å²) < 4.78 is 0. The first kappa shape index (κ1) is 12.5. The van der Waals surface area contributed by atoms with Gasteiger partial charge in [0.15, 0.2) is 0 Å². The van der Waals surface area contributed by atoms with Crippen LogP contribution in [-0.2, 0) is 4.79 Å². The third kappa shape index (κ3) is 4.20. The molecule has 0 bridgehead atoms. The van der Waals surface area contributed by atoms with Gasteiger partial charge in [0, 0.05) is 18.1 Å². The number of hydrogen-bond donors (Lipinski definition) is 1. The summed E-state index contributed by atoms with van der Waals surface area (Å²) >= 11 is 0. The fraction of sp³-hybridized carbons (Fsp3) is 0.917. The molecule has 1 N–H and O–H groups in total. The molecule has 0 aromatic rings. The van der Waals surface area contributed by atoms with Crippen LogP contribution in [0.1, 0.15) is 47.0 Å². The molecule has 1 amide bonds. The van der Waals surface area contributed by atoms with E-state index < -0.39 is 0 Å². The number of nitrogens with zero attached hydrogens (tertiary/aromatic N) is 1. The van der Waals surface area contributed by atoms with Crippen LogP contribution in [0.3, 0.4) is 0 Å². The van der Waals surface area contributed by atoms with E-state index in [1.54, 1.807) is 0 Å². The largest absolute Gasteiger partial charge is 0.339 e. The highest BCUT2D eigenvalue weighted by Gasteiger charge is 2.23. The van der Waals surface area contributed by atoms with E-state index in [9.17, 15) is 4.79 Å². The summed E-state index contributed by atoms with van der Waals surface area (Å²) in [5.41, 5.74) is 0.0225. The Bertz CT molecular complexity index is 220. The maximum absolute atomic E-state index is 11.9. The SMILES string of the molecule is CC1CCCCN1C(=O)CNC(C)(C)C. The van der Waals surface area contributed by atoms with E-state index >= 15 is 0 Å². The molecule has 1 heterocycles. The lowest BCUT2D eigenvalue weighted by Gasteiger charge is -2.34. The Kier molecular flexibility index (Phi) is 4.14. The number of piperidine rings is 1. The Morgan fingerprint density at radius 3 is 2.60 bits per heavy atom. The summed E-state index contributed by atoms with van der Waals surface area (Å²) in [7, 11) is 0. The number of carbonyl (C=O) groups is 1. The first-order valence-electron chi connectivity index (χ1n) is 5.94. The van der Waals surface area contributed by atoms with Crippen molar-refractivity contribution in [3.63, 3.8) is 0 Å². The molecule has 1 saturated heterocycles. The van der Waals surface area contributed by atoms with Crippen molar-refractivity contribution in [2.75, 3.05) is 13.1 Å². The summed E-state index contributed by atoms with van der Waals surface area (Å²) in [5, 5.41) is 3.25. The van der Waals surface area contributed by atoms with Gasteiger partial charge < -0.3 is 10.2 Å². The minimum Gasteiger partial charge on any atom is -0.339 e. The van der Waals surface area contributed by atoms with Crippen LogP contribution in [0.4, 0.5) is 0 Å². The van der Waals surface area contributed by atoms with Crippen molar-refractivity contribution in [2.24, 2.45) is 0 Å². The zero-order chi connectivity index (χ0) is 11.5. The molecule has 0 aromatic carbocycles. The molecule has 1 atom stereocenters. The monoisotopic (exact) mass is 212 g/mol. The fourth-order valence-electron chi connectivity index (χ4n) is 1.91. The van der Waals surface area contributed by atoms with Gasteiger partial charge in [0.05, 0.1) is 6.54 Å². The summed E-state index contributed by atoms with van der Waals surface area (Å²) in [6, 6.07) is 0.424. The van der Waals surface area contributed by atoms with Gasteiger partial charge >= 0.3 is 0 Å². The maximum Gasteiger partial charge on any atom is 0.236 e. The summed E-state index contributed by atoms with van der Waals surface area (Å²) in [4.78, 5) is 13.9. The van der Waals surface area contributed by atoms with Gasteiger partial charge in [-0.3, -0.25) is 4.79 Å². The van der Waals surface area contributed by atoms with Gasteiger partial charge in [-0.25, -0.2) is 0 Å². The molecule has 0 radical (unpaired) electrons. The second-order valence-corrected chi connectivity index (χ2v) is 5.54. The van der Waals surface area contributed by atoms with Gasteiger partial charge in [0.2, 0.25) is 5.91 Å². The van der Waals surface area contributed by atoms with Crippen LogP contribution in [0.5, 0.6) is 0 Å². The molecule has 1 fully saturated rings. The molecule has 0 saturated carbocycles. The minimum absolute atomic E-state index is 0.0225. The van der Waals surface area contributed by atoms with Gasteiger partial charge in [-0.15, -0.1) is 0 Å². The van der Waals surface area contributed by atoms with Crippen LogP contribution in [-0.4, -0.2) is 35.5 Å². The molecular formula is C12H24N2O. The fourth-order valence-corrected chi connectivity index (χ4v) is 1.91. The van der Waals surface area contributed by atoms with Crippen molar-refractivity contribution in [2.45, 2.75) is 58.5 Å². The van der Waals surface area contributed by atoms with Crippen LogP contribution in [0.2, 0.25) is 0 Å². The first-order valence-corrected chi connectivity index (χ1v) is 5.94. The third-order valence-electron chi connectivity index (χ3n) is 2.89. The van der Waals surface area contributed by atoms with Crippen LogP contribution in [0, 0.1) is 0 Å². The first-order chi connectivity index (χ1) is 6.90. The number of rotatable bonds is 2. The second-order valence-electron chi connectivity index (χ2n) is 5.54. The molecule has 0 spiro atoms. The number of carbonyl (C=O) groups excluding carboxylic acids is 1. The highest BCUT2D eigenvalue weighted by atomic mass is 16.2. The summed E-state index contributed by atoms with van der Waals surface area (Å²) in [5.74, 6) is 0.247. The van der Waals surface area contributed by atoms with Crippen LogP contribution < -0.4 is 5.32 Å². The van der Waals surface area contributed by atoms with Gasteiger partial charge in [-0.2, -0.15) is 0 Å². The van der Waals surface area contributed by atoms with Crippen molar-refractivity contribution in [1.29, 1.82) is 0 Å². The maximum atomic E-state index is 11.9. The van der Waals surface area contributed by atoms with E-state index in [2.05, 4.69) is 33.0 Å². The smallest absolute Gasteiger partial charge is 0.236 e. The molecule has 0 aromatic heterocycles. The highest BCUT2D eigenvalue weighted by Crippen LogP contribution is 2.16. The minimum atomic E-state index is 0.0225. The average molecular weight is 212 g/mol. The molecular weight excluding hydrogens is 188 g/mol. The summed E-state index contributed by atoms with van der Waals surface area (Å²) in [6.07, 6.45) is 3.57. The predicted octanol–water partition coefficient (Wildman–Crippen LogP) is 1.78. The second kappa shape index (κ2) is 4.97. The molecule has 88 valence electrons. The Morgan fingerprint density at radius 2 is 2.07 bits per heavy atom. The molecule has 3 heteroatoms. The van der Waals surface area contributed by atoms with Gasteiger partial charge in [-0.1, -0.05) is 0 Å². The molecule has 0 aliphatic carbocycles. The van der Waals surface area contributed by atoms with E-state index in [0.717, 1.165) is 19.4 Å². The topological polar surface area (TPSA) is 32.3 Å². The van der Waals surface area contributed by atoms with Crippen LogP contribution in [0.15, 0.2) is 0 Å². The van der Waals surface area contributed by atoms with Crippen molar-refractivity contribution in [3.05, 3.63) is 0 Å². The summed E-state index contributed by atoms with van der Waals surface area (Å²) in [6.45, 7) is 9.80. The van der Waals surface area contributed by atoms with Crippen LogP contribution in [0.25, 0.3) is 0 Å². The Labute approximate surface area is 93.2 Å². The van der Waals surface area contributed by atoms with Crippen molar-refractivity contribution in [3.8, 4) is 0 Å². The quantitative estimate of drug-likeness (QED) is 0.756. The van der Waals surface area contributed by atoms with Crippen molar-refractivity contribution in [1.82, 2.24) is 10.2 Å². The lowest BCUT2D eigenvalue weighted by Crippen LogP contribution is -2.49. The zero-order valence-corrected chi connectivity index (χ0v) is 10.5. The number of likely N-dealkylation sites (tertiary alicyclic amines) is 1. The van der Waals surface area contributed by atoms with E-state index in [1.165, 1.54) is 6.42 Å². The van der Waals surface area contributed by atoms with E-state index in [1.807, 2.05) is 4.90 Å². The van der Waals surface area contributed by atoms with Gasteiger partial charge in [-0.05, 0) is 47.0 Å². The van der Waals surface area contributed by atoms with E-state index in [4.69, 9.17) is 0 Å². The highest BCUT2D eigenvalue weighted by molar-refractivity contribution is 5.78. The molecule has 1 rings (SSSR count).